The third-order valence-electron chi connectivity index (χ3n) is 4.20. The fourth-order valence-electron chi connectivity index (χ4n) is 2.62. The standard InChI is InChI=1S/C24H23NO4/c1-2-3-17-28-24(27)19-9-11-20(12-10-19)25-23(26)16-14-21-13-15-22(29-21)18-7-5-4-6-8-18/h4-16H,2-3,17H2,1H3,(H,25,26)/b16-14+. The molecule has 5 nitrogen and oxygen atoms in total. The van der Waals surface area contributed by atoms with E-state index in [9.17, 15) is 9.59 Å². The van der Waals surface area contributed by atoms with Crippen LogP contribution < -0.4 is 5.32 Å². The smallest absolute Gasteiger partial charge is 0.338 e. The second-order valence-corrected chi connectivity index (χ2v) is 6.46. The quantitative estimate of drug-likeness (QED) is 0.311. The van der Waals surface area contributed by atoms with E-state index in [0.717, 1.165) is 24.2 Å². The summed E-state index contributed by atoms with van der Waals surface area (Å²) in [4.78, 5) is 24.0. The molecular weight excluding hydrogens is 366 g/mol. The topological polar surface area (TPSA) is 68.5 Å². The predicted molar refractivity (Wildman–Crippen MR) is 113 cm³/mol. The largest absolute Gasteiger partial charge is 0.462 e. The van der Waals surface area contributed by atoms with Crippen molar-refractivity contribution in [2.24, 2.45) is 0 Å². The summed E-state index contributed by atoms with van der Waals surface area (Å²) in [6, 6.07) is 20.0. The van der Waals surface area contributed by atoms with Gasteiger partial charge in [-0.05, 0) is 48.9 Å². The molecule has 2 aromatic carbocycles. The van der Waals surface area contributed by atoms with Crippen molar-refractivity contribution in [3.8, 4) is 11.3 Å². The number of ether oxygens (including phenoxy) is 1. The van der Waals surface area contributed by atoms with Gasteiger partial charge in [0, 0.05) is 17.3 Å². The molecule has 3 aromatic rings. The van der Waals surface area contributed by atoms with E-state index in [1.165, 1.54) is 6.08 Å². The molecule has 5 heteroatoms. The molecule has 0 fully saturated rings. The van der Waals surface area contributed by atoms with Crippen molar-refractivity contribution in [1.29, 1.82) is 0 Å². The fraction of sp³-hybridized carbons (Fsp3) is 0.167. The number of hydrogen-bond acceptors (Lipinski definition) is 4. The van der Waals surface area contributed by atoms with Crippen LogP contribution in [0.4, 0.5) is 5.69 Å². The number of amides is 1. The number of nitrogens with one attached hydrogen (secondary N) is 1. The second-order valence-electron chi connectivity index (χ2n) is 6.46. The molecule has 0 saturated carbocycles. The van der Waals surface area contributed by atoms with E-state index in [1.54, 1.807) is 30.3 Å². The highest BCUT2D eigenvalue weighted by Gasteiger charge is 2.07. The summed E-state index contributed by atoms with van der Waals surface area (Å²) in [7, 11) is 0. The summed E-state index contributed by atoms with van der Waals surface area (Å²) in [6.45, 7) is 2.45. The van der Waals surface area contributed by atoms with Crippen LogP contribution in [-0.2, 0) is 9.53 Å². The SMILES string of the molecule is CCCCOC(=O)c1ccc(NC(=O)/C=C/c2ccc(-c3ccccc3)o2)cc1. The molecule has 0 bridgehead atoms. The third kappa shape index (κ3) is 5.94. The molecule has 1 aromatic heterocycles. The Kier molecular flexibility index (Phi) is 7.00. The summed E-state index contributed by atoms with van der Waals surface area (Å²) >= 11 is 0. The van der Waals surface area contributed by atoms with Crippen LogP contribution in [0.5, 0.6) is 0 Å². The van der Waals surface area contributed by atoms with E-state index in [4.69, 9.17) is 9.15 Å². The minimum Gasteiger partial charge on any atom is -0.462 e. The van der Waals surface area contributed by atoms with Gasteiger partial charge in [-0.25, -0.2) is 4.79 Å². The molecule has 0 spiro atoms. The lowest BCUT2D eigenvalue weighted by Gasteiger charge is -2.05. The average molecular weight is 389 g/mol. The molecule has 0 saturated heterocycles. The van der Waals surface area contributed by atoms with Gasteiger partial charge < -0.3 is 14.5 Å². The maximum absolute atomic E-state index is 12.1. The van der Waals surface area contributed by atoms with Crippen LogP contribution in [0, 0.1) is 0 Å². The minimum absolute atomic E-state index is 0.291. The Morgan fingerprint density at radius 3 is 2.48 bits per heavy atom. The zero-order chi connectivity index (χ0) is 20.5. The first-order valence-corrected chi connectivity index (χ1v) is 9.57. The first-order valence-electron chi connectivity index (χ1n) is 9.57. The average Bonchev–Trinajstić information content (AvgIpc) is 3.23. The molecule has 0 atom stereocenters. The zero-order valence-electron chi connectivity index (χ0n) is 16.3. The maximum atomic E-state index is 12.1. The molecule has 1 heterocycles. The Balaban J connectivity index is 1.54. The Morgan fingerprint density at radius 2 is 1.76 bits per heavy atom. The fourth-order valence-corrected chi connectivity index (χ4v) is 2.62. The summed E-state index contributed by atoms with van der Waals surface area (Å²) in [5.41, 5.74) is 2.03. The Hall–Kier alpha value is -3.60. The predicted octanol–water partition coefficient (Wildman–Crippen LogP) is 5.56. The van der Waals surface area contributed by atoms with Crippen molar-refractivity contribution in [3.05, 3.63) is 84.1 Å². The van der Waals surface area contributed by atoms with Gasteiger partial charge >= 0.3 is 5.97 Å². The Labute approximate surface area is 170 Å². The van der Waals surface area contributed by atoms with E-state index >= 15 is 0 Å². The summed E-state index contributed by atoms with van der Waals surface area (Å²) in [5.74, 6) is 0.681. The zero-order valence-corrected chi connectivity index (χ0v) is 16.3. The molecule has 0 unspecified atom stereocenters. The van der Waals surface area contributed by atoms with Crippen molar-refractivity contribution >= 4 is 23.6 Å². The summed E-state index contributed by atoms with van der Waals surface area (Å²) in [5, 5.41) is 2.75. The molecule has 0 radical (unpaired) electrons. The third-order valence-corrected chi connectivity index (χ3v) is 4.20. The van der Waals surface area contributed by atoms with Gasteiger partial charge in [-0.3, -0.25) is 4.79 Å². The van der Waals surface area contributed by atoms with Crippen LogP contribution in [-0.4, -0.2) is 18.5 Å². The number of furan rings is 1. The number of carbonyl (C=O) groups excluding carboxylic acids is 2. The van der Waals surface area contributed by atoms with E-state index < -0.39 is 0 Å². The van der Waals surface area contributed by atoms with Gasteiger partial charge in [0.15, 0.2) is 0 Å². The molecule has 29 heavy (non-hydrogen) atoms. The molecule has 3 rings (SSSR count). The number of carbonyl (C=O) groups is 2. The maximum Gasteiger partial charge on any atom is 0.338 e. The minimum atomic E-state index is -0.358. The van der Waals surface area contributed by atoms with Gasteiger partial charge in [0.05, 0.1) is 12.2 Å². The van der Waals surface area contributed by atoms with Gasteiger partial charge in [0.25, 0.3) is 0 Å². The molecule has 148 valence electrons. The van der Waals surface area contributed by atoms with Crippen molar-refractivity contribution in [1.82, 2.24) is 0 Å². The van der Waals surface area contributed by atoms with E-state index in [-0.39, 0.29) is 11.9 Å². The van der Waals surface area contributed by atoms with Crippen LogP contribution >= 0.6 is 0 Å². The number of benzene rings is 2. The molecule has 0 aliphatic heterocycles. The first kappa shape index (κ1) is 20.1. The number of rotatable bonds is 8. The number of anilines is 1. The van der Waals surface area contributed by atoms with Crippen molar-refractivity contribution in [2.75, 3.05) is 11.9 Å². The molecule has 1 amide bonds. The number of unbranched alkanes of at least 4 members (excludes halogenated alkanes) is 1. The highest BCUT2D eigenvalue weighted by molar-refractivity contribution is 6.02. The molecule has 0 aliphatic carbocycles. The second kappa shape index (κ2) is 10.1. The van der Waals surface area contributed by atoms with Crippen LogP contribution in [0.3, 0.4) is 0 Å². The summed E-state index contributed by atoms with van der Waals surface area (Å²) < 4.78 is 10.9. The highest BCUT2D eigenvalue weighted by atomic mass is 16.5. The van der Waals surface area contributed by atoms with Crippen LogP contribution in [0.15, 0.2) is 77.2 Å². The monoisotopic (exact) mass is 389 g/mol. The lowest BCUT2D eigenvalue weighted by molar-refractivity contribution is -0.111. The van der Waals surface area contributed by atoms with Gasteiger partial charge in [0.2, 0.25) is 5.91 Å². The Morgan fingerprint density at radius 1 is 1.00 bits per heavy atom. The van der Waals surface area contributed by atoms with Gasteiger partial charge in [-0.15, -0.1) is 0 Å². The molecule has 0 aliphatic rings. The lowest BCUT2D eigenvalue weighted by atomic mass is 10.2. The van der Waals surface area contributed by atoms with Crippen molar-refractivity contribution < 1.29 is 18.7 Å². The van der Waals surface area contributed by atoms with Gasteiger partial charge in [0.1, 0.15) is 11.5 Å². The van der Waals surface area contributed by atoms with Crippen LogP contribution in [0.25, 0.3) is 17.4 Å². The Bertz CT molecular complexity index is 972. The van der Waals surface area contributed by atoms with Crippen molar-refractivity contribution in [2.45, 2.75) is 19.8 Å². The first-order chi connectivity index (χ1) is 14.2. The normalized spacial score (nSPS) is 10.8. The number of esters is 1. The van der Waals surface area contributed by atoms with Crippen LogP contribution in [0.1, 0.15) is 35.9 Å². The van der Waals surface area contributed by atoms with E-state index in [2.05, 4.69) is 5.32 Å². The summed E-state index contributed by atoms with van der Waals surface area (Å²) in [6.07, 6.45) is 4.83. The van der Waals surface area contributed by atoms with E-state index in [0.29, 0.717) is 23.6 Å². The van der Waals surface area contributed by atoms with Crippen LogP contribution in [0.2, 0.25) is 0 Å². The van der Waals surface area contributed by atoms with Gasteiger partial charge in [-0.1, -0.05) is 43.7 Å². The van der Waals surface area contributed by atoms with Crippen molar-refractivity contribution in [3.63, 3.8) is 0 Å². The van der Waals surface area contributed by atoms with Gasteiger partial charge in [-0.2, -0.15) is 0 Å². The van der Waals surface area contributed by atoms with E-state index in [1.807, 2.05) is 49.4 Å². The lowest BCUT2D eigenvalue weighted by Crippen LogP contribution is -2.09. The molecular formula is C24H23NO4. The molecule has 1 N–H and O–H groups in total. The highest BCUT2D eigenvalue weighted by Crippen LogP contribution is 2.22. The number of hydrogen-bond donors (Lipinski definition) is 1.